The van der Waals surface area contributed by atoms with Gasteiger partial charge in [0.1, 0.15) is 6.61 Å². The lowest BCUT2D eigenvalue weighted by molar-refractivity contribution is -0.147. The van der Waals surface area contributed by atoms with Gasteiger partial charge in [-0.1, -0.05) is 30.3 Å². The number of esters is 2. The molecule has 1 aromatic carbocycles. The third-order valence-electron chi connectivity index (χ3n) is 2.37. The van der Waals surface area contributed by atoms with Gasteiger partial charge >= 0.3 is 11.9 Å². The van der Waals surface area contributed by atoms with Crippen LogP contribution in [0.15, 0.2) is 41.9 Å². The number of carbonyl (C=O) groups is 2. The lowest BCUT2D eigenvalue weighted by Gasteiger charge is -2.11. The summed E-state index contributed by atoms with van der Waals surface area (Å²) >= 11 is 0. The van der Waals surface area contributed by atoms with Crippen LogP contribution in [0.3, 0.4) is 0 Å². The standard InChI is InChI=1S/C15H18O6/c1-3-19-14(17)12(16)13(15(18)20-4-2)21-10-11-8-6-5-7-9-11/h5-9,16H,3-4,10H2,1-2H3. The molecule has 1 rings (SSSR count). The minimum absolute atomic E-state index is 0.0124. The van der Waals surface area contributed by atoms with Gasteiger partial charge in [-0.15, -0.1) is 0 Å². The Morgan fingerprint density at radius 3 is 2.10 bits per heavy atom. The van der Waals surface area contributed by atoms with Crippen molar-refractivity contribution in [1.82, 2.24) is 0 Å². The van der Waals surface area contributed by atoms with E-state index in [9.17, 15) is 14.7 Å². The first kappa shape index (κ1) is 16.6. The van der Waals surface area contributed by atoms with Crippen LogP contribution in [-0.4, -0.2) is 30.3 Å². The van der Waals surface area contributed by atoms with Crippen LogP contribution in [0.2, 0.25) is 0 Å². The fourth-order valence-electron chi connectivity index (χ4n) is 1.44. The van der Waals surface area contributed by atoms with E-state index in [0.717, 1.165) is 5.56 Å². The molecular weight excluding hydrogens is 276 g/mol. The summed E-state index contributed by atoms with van der Waals surface area (Å²) in [6.07, 6.45) is 0. The largest absolute Gasteiger partial charge is 0.499 e. The van der Waals surface area contributed by atoms with Gasteiger partial charge in [0, 0.05) is 0 Å². The van der Waals surface area contributed by atoms with Gasteiger partial charge < -0.3 is 19.3 Å². The highest BCUT2D eigenvalue weighted by atomic mass is 16.6. The summed E-state index contributed by atoms with van der Waals surface area (Å²) in [5.41, 5.74) is 0.774. The average Bonchev–Trinajstić information content (AvgIpc) is 2.49. The van der Waals surface area contributed by atoms with Crippen LogP contribution in [0.25, 0.3) is 0 Å². The smallest absolute Gasteiger partial charge is 0.377 e. The molecule has 0 heterocycles. The molecule has 6 heteroatoms. The number of hydrogen-bond acceptors (Lipinski definition) is 6. The normalized spacial score (nSPS) is 11.3. The number of ether oxygens (including phenoxy) is 3. The van der Waals surface area contributed by atoms with Crippen LogP contribution < -0.4 is 0 Å². The molecule has 0 amide bonds. The van der Waals surface area contributed by atoms with E-state index in [1.807, 2.05) is 6.07 Å². The van der Waals surface area contributed by atoms with E-state index in [1.54, 1.807) is 38.1 Å². The van der Waals surface area contributed by atoms with E-state index in [0.29, 0.717) is 0 Å². The molecular formula is C15H18O6. The summed E-state index contributed by atoms with van der Waals surface area (Å²) in [5.74, 6) is -3.40. The van der Waals surface area contributed by atoms with E-state index in [1.165, 1.54) is 0 Å². The maximum absolute atomic E-state index is 11.7. The van der Waals surface area contributed by atoms with E-state index in [-0.39, 0.29) is 19.8 Å². The summed E-state index contributed by atoms with van der Waals surface area (Å²) in [5, 5.41) is 9.76. The van der Waals surface area contributed by atoms with Gasteiger partial charge in [0.05, 0.1) is 13.2 Å². The molecule has 0 spiro atoms. The molecule has 0 bridgehead atoms. The van der Waals surface area contributed by atoms with Crippen LogP contribution in [0.5, 0.6) is 0 Å². The predicted molar refractivity (Wildman–Crippen MR) is 74.2 cm³/mol. The zero-order chi connectivity index (χ0) is 15.7. The van der Waals surface area contributed by atoms with Gasteiger partial charge in [0.15, 0.2) is 0 Å². The highest BCUT2D eigenvalue weighted by molar-refractivity contribution is 5.97. The number of carbonyl (C=O) groups excluding carboxylic acids is 2. The Kier molecular flexibility index (Phi) is 6.80. The maximum Gasteiger partial charge on any atom is 0.377 e. The van der Waals surface area contributed by atoms with Gasteiger partial charge in [-0.3, -0.25) is 0 Å². The molecule has 0 atom stereocenters. The second kappa shape index (κ2) is 8.63. The zero-order valence-electron chi connectivity index (χ0n) is 12.0. The summed E-state index contributed by atoms with van der Waals surface area (Å²) in [4.78, 5) is 23.2. The molecule has 1 N–H and O–H groups in total. The quantitative estimate of drug-likeness (QED) is 0.471. The minimum atomic E-state index is -1.03. The van der Waals surface area contributed by atoms with Crippen molar-refractivity contribution in [1.29, 1.82) is 0 Å². The van der Waals surface area contributed by atoms with Gasteiger partial charge in [0.2, 0.25) is 0 Å². The van der Waals surface area contributed by atoms with Crippen molar-refractivity contribution in [2.24, 2.45) is 0 Å². The van der Waals surface area contributed by atoms with E-state index in [4.69, 9.17) is 9.47 Å². The molecule has 0 aliphatic heterocycles. The van der Waals surface area contributed by atoms with Crippen molar-refractivity contribution in [3.8, 4) is 0 Å². The van der Waals surface area contributed by atoms with Crippen molar-refractivity contribution < 1.29 is 28.9 Å². The van der Waals surface area contributed by atoms with Gasteiger partial charge in [-0.2, -0.15) is 0 Å². The molecule has 114 valence electrons. The van der Waals surface area contributed by atoms with Crippen molar-refractivity contribution in [3.63, 3.8) is 0 Å². The Morgan fingerprint density at radius 1 is 0.952 bits per heavy atom. The van der Waals surface area contributed by atoms with Crippen LogP contribution in [-0.2, 0) is 30.4 Å². The second-order valence-electron chi connectivity index (χ2n) is 3.89. The fourth-order valence-corrected chi connectivity index (χ4v) is 1.44. The molecule has 6 nitrogen and oxygen atoms in total. The Hall–Kier alpha value is -2.50. The first-order chi connectivity index (χ1) is 10.1. The third-order valence-corrected chi connectivity index (χ3v) is 2.37. The summed E-state index contributed by atoms with van der Waals surface area (Å²) in [6, 6.07) is 9.01. The van der Waals surface area contributed by atoms with Crippen LogP contribution >= 0.6 is 0 Å². The molecule has 0 aliphatic carbocycles. The second-order valence-corrected chi connectivity index (χ2v) is 3.89. The minimum Gasteiger partial charge on any atom is -0.499 e. The Balaban J connectivity index is 2.89. The molecule has 21 heavy (non-hydrogen) atoms. The van der Waals surface area contributed by atoms with Gasteiger partial charge in [-0.05, 0) is 19.4 Å². The summed E-state index contributed by atoms with van der Waals surface area (Å²) < 4.78 is 14.6. The Morgan fingerprint density at radius 2 is 1.52 bits per heavy atom. The van der Waals surface area contributed by atoms with Crippen molar-refractivity contribution in [3.05, 3.63) is 47.4 Å². The van der Waals surface area contributed by atoms with Crippen molar-refractivity contribution in [2.75, 3.05) is 13.2 Å². The molecule has 0 fully saturated rings. The average molecular weight is 294 g/mol. The molecule has 0 saturated carbocycles. The van der Waals surface area contributed by atoms with Crippen LogP contribution in [0.4, 0.5) is 0 Å². The third kappa shape index (κ3) is 5.18. The molecule has 1 aromatic rings. The SMILES string of the molecule is CCOC(=O)C(O)=C(OCc1ccccc1)C(=O)OCC. The molecule has 0 radical (unpaired) electrons. The number of aliphatic hydroxyl groups excluding tert-OH is 1. The lowest BCUT2D eigenvalue weighted by atomic mass is 10.2. The zero-order valence-corrected chi connectivity index (χ0v) is 12.0. The summed E-state index contributed by atoms with van der Waals surface area (Å²) in [7, 11) is 0. The number of hydrogen-bond donors (Lipinski definition) is 1. The fraction of sp³-hybridized carbons (Fsp3) is 0.333. The van der Waals surface area contributed by atoms with E-state index in [2.05, 4.69) is 4.74 Å². The highest BCUT2D eigenvalue weighted by Crippen LogP contribution is 2.12. The van der Waals surface area contributed by atoms with E-state index < -0.39 is 23.5 Å². The van der Waals surface area contributed by atoms with Gasteiger partial charge in [-0.25, -0.2) is 9.59 Å². The first-order valence-corrected chi connectivity index (χ1v) is 6.54. The number of rotatable bonds is 7. The Labute approximate surface area is 122 Å². The van der Waals surface area contributed by atoms with Crippen molar-refractivity contribution in [2.45, 2.75) is 20.5 Å². The molecule has 0 unspecified atom stereocenters. The number of aliphatic hydroxyl groups is 1. The Bertz CT molecular complexity index is 506. The topological polar surface area (TPSA) is 82.1 Å². The number of benzene rings is 1. The van der Waals surface area contributed by atoms with Gasteiger partial charge in [0.25, 0.3) is 11.5 Å². The lowest BCUT2D eigenvalue weighted by Crippen LogP contribution is -2.18. The predicted octanol–water partition coefficient (Wildman–Crippen LogP) is 2.10. The molecule has 0 aliphatic rings. The van der Waals surface area contributed by atoms with Crippen LogP contribution in [0.1, 0.15) is 19.4 Å². The molecule has 0 saturated heterocycles. The van der Waals surface area contributed by atoms with Crippen LogP contribution in [0, 0.1) is 0 Å². The van der Waals surface area contributed by atoms with Crippen molar-refractivity contribution >= 4 is 11.9 Å². The first-order valence-electron chi connectivity index (χ1n) is 6.54. The monoisotopic (exact) mass is 294 g/mol. The molecule has 0 aromatic heterocycles. The highest BCUT2D eigenvalue weighted by Gasteiger charge is 2.25. The maximum atomic E-state index is 11.7. The van der Waals surface area contributed by atoms with E-state index >= 15 is 0 Å². The summed E-state index contributed by atoms with van der Waals surface area (Å²) in [6.45, 7) is 3.36.